The van der Waals surface area contributed by atoms with Crippen molar-refractivity contribution < 1.29 is 4.79 Å². The molecule has 0 aliphatic heterocycles. The van der Waals surface area contributed by atoms with E-state index in [2.05, 4.69) is 18.2 Å². The van der Waals surface area contributed by atoms with E-state index in [1.807, 2.05) is 6.92 Å². The predicted octanol–water partition coefficient (Wildman–Crippen LogP) is 2.88. The summed E-state index contributed by atoms with van der Waals surface area (Å²) in [5.74, 6) is 0.494. The molecule has 0 bridgehead atoms. The number of hydrogen-bond acceptors (Lipinski definition) is 1. The molecule has 1 rings (SSSR count). The molecule has 0 heterocycles. The van der Waals surface area contributed by atoms with Gasteiger partial charge in [0.05, 0.1) is 0 Å². The fourth-order valence-electron chi connectivity index (χ4n) is 1.36. The summed E-state index contributed by atoms with van der Waals surface area (Å²) in [6, 6.07) is 0. The summed E-state index contributed by atoms with van der Waals surface area (Å²) in [5, 5.41) is 0. The molecule has 1 aliphatic carbocycles. The van der Waals surface area contributed by atoms with Crippen molar-refractivity contribution in [2.24, 2.45) is 5.92 Å². The number of ketones is 1. The molecule has 0 spiro atoms. The molecule has 0 N–H and O–H groups in total. The average Bonchev–Trinajstić information content (AvgIpc) is 2.06. The van der Waals surface area contributed by atoms with Gasteiger partial charge in [0.1, 0.15) is 5.78 Å². The lowest BCUT2D eigenvalue weighted by Crippen LogP contribution is -2.07. The van der Waals surface area contributed by atoms with Crippen LogP contribution in [-0.4, -0.2) is 5.78 Å². The molecule has 0 aromatic heterocycles. The van der Waals surface area contributed by atoms with Gasteiger partial charge in [-0.05, 0) is 26.2 Å². The van der Waals surface area contributed by atoms with Crippen LogP contribution in [0.15, 0.2) is 23.8 Å². The largest absolute Gasteiger partial charge is 0.300 e. The molecule has 0 fully saturated rings. The van der Waals surface area contributed by atoms with Crippen LogP contribution in [0.5, 0.6) is 0 Å². The lowest BCUT2D eigenvalue weighted by molar-refractivity contribution is -0.120. The van der Waals surface area contributed by atoms with Gasteiger partial charge in [-0.2, -0.15) is 0 Å². The van der Waals surface area contributed by atoms with E-state index in [4.69, 9.17) is 0 Å². The highest BCUT2D eigenvalue weighted by Crippen LogP contribution is 2.20. The Morgan fingerprint density at radius 1 is 1.67 bits per heavy atom. The first-order valence-corrected chi connectivity index (χ1v) is 4.55. The minimum atomic E-state index is 0.197. The average molecular weight is 164 g/mol. The van der Waals surface area contributed by atoms with Crippen LogP contribution in [0.3, 0.4) is 0 Å². The molecule has 0 radical (unpaired) electrons. The predicted molar refractivity (Wildman–Crippen MR) is 50.9 cm³/mol. The first kappa shape index (κ1) is 9.24. The lowest BCUT2D eigenvalue weighted by Gasteiger charge is -2.12. The molecule has 0 aromatic carbocycles. The number of carbonyl (C=O) groups is 1. The van der Waals surface area contributed by atoms with Gasteiger partial charge in [0, 0.05) is 5.92 Å². The Morgan fingerprint density at radius 3 is 2.92 bits per heavy atom. The van der Waals surface area contributed by atoms with Crippen LogP contribution in [0.25, 0.3) is 0 Å². The number of hydrogen-bond donors (Lipinski definition) is 0. The summed E-state index contributed by atoms with van der Waals surface area (Å²) in [7, 11) is 0. The first-order chi connectivity index (χ1) is 5.70. The van der Waals surface area contributed by atoms with Crippen LogP contribution in [0.2, 0.25) is 0 Å². The van der Waals surface area contributed by atoms with Crippen molar-refractivity contribution in [3.05, 3.63) is 23.8 Å². The van der Waals surface area contributed by atoms with E-state index in [-0.39, 0.29) is 5.92 Å². The van der Waals surface area contributed by atoms with Gasteiger partial charge in [-0.3, -0.25) is 4.79 Å². The van der Waals surface area contributed by atoms with Crippen molar-refractivity contribution in [3.63, 3.8) is 0 Å². The Bertz CT molecular complexity index is 223. The smallest absolute Gasteiger partial charge is 0.132 e. The first-order valence-electron chi connectivity index (χ1n) is 4.55. The van der Waals surface area contributed by atoms with Crippen LogP contribution < -0.4 is 0 Å². The fourth-order valence-corrected chi connectivity index (χ4v) is 1.36. The summed E-state index contributed by atoms with van der Waals surface area (Å²) < 4.78 is 0. The zero-order valence-electron chi connectivity index (χ0n) is 7.84. The maximum atomic E-state index is 11.0. The Kier molecular flexibility index (Phi) is 3.27. The monoisotopic (exact) mass is 164 g/mol. The summed E-state index contributed by atoms with van der Waals surface area (Å²) in [4.78, 5) is 11.0. The zero-order chi connectivity index (χ0) is 8.97. The number of Topliss-reactive ketones (excluding diaryl/α,β-unsaturated/α-hetero) is 1. The summed E-state index contributed by atoms with van der Waals surface area (Å²) in [6.07, 6.45) is 9.61. The summed E-state index contributed by atoms with van der Waals surface area (Å²) in [5.41, 5.74) is 1.42. The molecule has 1 heteroatoms. The second kappa shape index (κ2) is 4.24. The maximum Gasteiger partial charge on any atom is 0.132 e. The van der Waals surface area contributed by atoms with Gasteiger partial charge in [0.2, 0.25) is 0 Å². The molecule has 12 heavy (non-hydrogen) atoms. The van der Waals surface area contributed by atoms with E-state index < -0.39 is 0 Å². The van der Waals surface area contributed by atoms with Crippen molar-refractivity contribution in [2.75, 3.05) is 0 Å². The number of rotatable bonds is 3. The van der Waals surface area contributed by atoms with Crippen LogP contribution in [-0.2, 0) is 4.79 Å². The van der Waals surface area contributed by atoms with E-state index >= 15 is 0 Å². The molecule has 66 valence electrons. The molecule has 1 nitrogen and oxygen atoms in total. The minimum Gasteiger partial charge on any atom is -0.300 e. The molecule has 1 aliphatic rings. The summed E-state index contributed by atoms with van der Waals surface area (Å²) in [6.45, 7) is 3.67. The van der Waals surface area contributed by atoms with Gasteiger partial charge in [0.15, 0.2) is 0 Å². The Balaban J connectivity index is 2.45. The third kappa shape index (κ3) is 2.65. The van der Waals surface area contributed by atoms with E-state index in [1.54, 1.807) is 6.92 Å². The second-order valence-electron chi connectivity index (χ2n) is 3.51. The lowest BCUT2D eigenvalue weighted by atomic mass is 9.93. The van der Waals surface area contributed by atoms with E-state index in [9.17, 15) is 4.79 Å². The van der Waals surface area contributed by atoms with Crippen LogP contribution in [0.4, 0.5) is 0 Å². The van der Waals surface area contributed by atoms with Crippen LogP contribution >= 0.6 is 0 Å². The summed E-state index contributed by atoms with van der Waals surface area (Å²) >= 11 is 0. The third-order valence-electron chi connectivity index (χ3n) is 2.36. The van der Waals surface area contributed by atoms with Gasteiger partial charge in [0.25, 0.3) is 0 Å². The van der Waals surface area contributed by atoms with Gasteiger partial charge < -0.3 is 0 Å². The van der Waals surface area contributed by atoms with Crippen molar-refractivity contribution in [2.45, 2.75) is 33.1 Å². The van der Waals surface area contributed by atoms with Crippen molar-refractivity contribution in [3.8, 4) is 0 Å². The van der Waals surface area contributed by atoms with Gasteiger partial charge in [-0.1, -0.05) is 30.7 Å². The van der Waals surface area contributed by atoms with Gasteiger partial charge in [-0.25, -0.2) is 0 Å². The number of allylic oxidation sites excluding steroid dienone is 4. The van der Waals surface area contributed by atoms with Gasteiger partial charge in [-0.15, -0.1) is 0 Å². The van der Waals surface area contributed by atoms with E-state index in [1.165, 1.54) is 5.57 Å². The van der Waals surface area contributed by atoms with Gasteiger partial charge >= 0.3 is 0 Å². The third-order valence-corrected chi connectivity index (χ3v) is 2.36. The van der Waals surface area contributed by atoms with Crippen molar-refractivity contribution >= 4 is 5.78 Å². The number of carbonyl (C=O) groups excluding carboxylic acids is 1. The molecule has 1 atom stereocenters. The fraction of sp³-hybridized carbons (Fsp3) is 0.545. The van der Waals surface area contributed by atoms with E-state index in [0.717, 1.165) is 19.3 Å². The maximum absolute atomic E-state index is 11.0. The Labute approximate surface area is 74.2 Å². The highest BCUT2D eigenvalue weighted by atomic mass is 16.1. The van der Waals surface area contributed by atoms with Crippen molar-refractivity contribution in [1.29, 1.82) is 0 Å². The Morgan fingerprint density at radius 2 is 2.42 bits per heavy atom. The Hall–Kier alpha value is -0.850. The molecule has 0 saturated heterocycles. The second-order valence-corrected chi connectivity index (χ2v) is 3.51. The SMILES string of the molecule is CC(=O)C(C)CC1=CC=CCC1. The molecule has 1 unspecified atom stereocenters. The molecular weight excluding hydrogens is 148 g/mol. The quantitative estimate of drug-likeness (QED) is 0.626. The molecule has 0 saturated carbocycles. The molecule has 0 amide bonds. The zero-order valence-corrected chi connectivity index (χ0v) is 7.84. The van der Waals surface area contributed by atoms with Crippen LogP contribution in [0, 0.1) is 5.92 Å². The standard InChI is InChI=1S/C11H16O/c1-9(10(2)12)8-11-6-4-3-5-7-11/h3-4,6,9H,5,7-8H2,1-2H3. The van der Waals surface area contributed by atoms with Crippen molar-refractivity contribution in [1.82, 2.24) is 0 Å². The van der Waals surface area contributed by atoms with E-state index in [0.29, 0.717) is 5.78 Å². The minimum absolute atomic E-state index is 0.197. The highest BCUT2D eigenvalue weighted by molar-refractivity contribution is 5.78. The molecule has 0 aromatic rings. The highest BCUT2D eigenvalue weighted by Gasteiger charge is 2.10. The normalized spacial score (nSPS) is 18.7. The topological polar surface area (TPSA) is 17.1 Å². The molecular formula is C11H16O. The van der Waals surface area contributed by atoms with Crippen LogP contribution in [0.1, 0.15) is 33.1 Å².